The molecule has 0 unspecified atom stereocenters. The fourth-order valence-corrected chi connectivity index (χ4v) is 3.55. The molecule has 0 saturated carbocycles. The van der Waals surface area contributed by atoms with Crippen molar-refractivity contribution in [2.24, 2.45) is 4.99 Å². The molecule has 0 radical (unpaired) electrons. The highest BCUT2D eigenvalue weighted by atomic mass is 16.3. The van der Waals surface area contributed by atoms with Crippen LogP contribution in [0.2, 0.25) is 0 Å². The van der Waals surface area contributed by atoms with Gasteiger partial charge >= 0.3 is 0 Å². The molecule has 29 heavy (non-hydrogen) atoms. The van der Waals surface area contributed by atoms with Gasteiger partial charge in [-0.25, -0.2) is 9.98 Å². The lowest BCUT2D eigenvalue weighted by Gasteiger charge is -2.09. The van der Waals surface area contributed by atoms with Gasteiger partial charge in [0.05, 0.1) is 17.6 Å². The third kappa shape index (κ3) is 3.25. The summed E-state index contributed by atoms with van der Waals surface area (Å²) in [5.74, 6) is 0.419. The molecule has 5 rings (SSSR count). The van der Waals surface area contributed by atoms with Crippen LogP contribution < -0.4 is 11.3 Å². The van der Waals surface area contributed by atoms with E-state index in [0.717, 1.165) is 38.6 Å². The maximum absolute atomic E-state index is 6.42. The number of hydrogen-bond donors (Lipinski definition) is 1. The molecular formula is C25H19N3O. The second-order valence-corrected chi connectivity index (χ2v) is 6.89. The van der Waals surface area contributed by atoms with Gasteiger partial charge in [0.25, 0.3) is 0 Å². The zero-order valence-corrected chi connectivity index (χ0v) is 15.7. The topological polar surface area (TPSA) is 64.4 Å². The van der Waals surface area contributed by atoms with Crippen molar-refractivity contribution in [3.8, 4) is 11.3 Å². The third-order valence-corrected chi connectivity index (χ3v) is 4.96. The standard InChI is InChI=1S/C25H19N3O/c26-24-23-20(15-21(28-24)18-11-5-2-6-12-18)19-13-7-8-14-22(19)29-25(23)27-16-17-9-3-1-4-10-17/h1-15H,16H2,(H2,26,28). The fraction of sp³-hybridized carbons (Fsp3) is 0.0400. The molecule has 0 atom stereocenters. The molecule has 0 bridgehead atoms. The smallest absolute Gasteiger partial charge is 0.226 e. The highest BCUT2D eigenvalue weighted by Gasteiger charge is 2.12. The summed E-state index contributed by atoms with van der Waals surface area (Å²) in [5, 5.41) is 2.73. The molecule has 0 aliphatic carbocycles. The third-order valence-electron chi connectivity index (χ3n) is 4.96. The predicted molar refractivity (Wildman–Crippen MR) is 117 cm³/mol. The van der Waals surface area contributed by atoms with Crippen LogP contribution in [0.15, 0.2) is 100 Å². The van der Waals surface area contributed by atoms with Gasteiger partial charge in [0.1, 0.15) is 11.4 Å². The van der Waals surface area contributed by atoms with Crippen molar-refractivity contribution in [1.29, 1.82) is 0 Å². The van der Waals surface area contributed by atoms with E-state index in [1.807, 2.05) is 84.9 Å². The summed E-state index contributed by atoms with van der Waals surface area (Å²) in [5.41, 5.74) is 10.7. The van der Waals surface area contributed by atoms with E-state index in [-0.39, 0.29) is 0 Å². The van der Waals surface area contributed by atoms with Crippen molar-refractivity contribution >= 4 is 27.6 Å². The highest BCUT2D eigenvalue weighted by molar-refractivity contribution is 6.08. The quantitative estimate of drug-likeness (QED) is 0.432. The Kier molecular flexibility index (Phi) is 4.30. The molecule has 0 saturated heterocycles. The van der Waals surface area contributed by atoms with E-state index in [2.05, 4.69) is 11.1 Å². The number of hydrogen-bond acceptors (Lipinski definition) is 4. The van der Waals surface area contributed by atoms with Gasteiger partial charge in [0.2, 0.25) is 5.55 Å². The van der Waals surface area contributed by atoms with Crippen LogP contribution in [0, 0.1) is 0 Å². The fourth-order valence-electron chi connectivity index (χ4n) is 3.55. The largest absolute Gasteiger partial charge is 0.438 e. The summed E-state index contributed by atoms with van der Waals surface area (Å²) in [6.45, 7) is 0.512. The second-order valence-electron chi connectivity index (χ2n) is 6.89. The molecule has 0 spiro atoms. The summed E-state index contributed by atoms with van der Waals surface area (Å²) in [6, 6.07) is 30.1. The number of benzene rings is 3. The first kappa shape index (κ1) is 17.2. The van der Waals surface area contributed by atoms with Gasteiger partial charge in [-0.1, -0.05) is 78.9 Å². The minimum atomic E-state index is 0.419. The summed E-state index contributed by atoms with van der Waals surface area (Å²) in [7, 11) is 0. The molecule has 3 aromatic carbocycles. The zero-order chi connectivity index (χ0) is 19.6. The van der Waals surface area contributed by atoms with Gasteiger partial charge in [0, 0.05) is 16.3 Å². The molecule has 140 valence electrons. The molecule has 0 amide bonds. The molecule has 0 aliphatic heterocycles. The maximum atomic E-state index is 6.42. The number of aromatic nitrogens is 1. The van der Waals surface area contributed by atoms with E-state index < -0.39 is 0 Å². The number of nitrogens with zero attached hydrogens (tertiary/aromatic N) is 2. The number of nitrogens with two attached hydrogens (primary N) is 1. The summed E-state index contributed by atoms with van der Waals surface area (Å²) in [6.07, 6.45) is 0. The Morgan fingerprint density at radius 2 is 1.48 bits per heavy atom. The molecule has 0 aliphatic rings. The van der Waals surface area contributed by atoms with Crippen LogP contribution in [0.4, 0.5) is 5.82 Å². The number of rotatable bonds is 3. The van der Waals surface area contributed by atoms with Crippen LogP contribution in [0.25, 0.3) is 33.0 Å². The maximum Gasteiger partial charge on any atom is 0.226 e. The Morgan fingerprint density at radius 3 is 2.28 bits per heavy atom. The van der Waals surface area contributed by atoms with Crippen LogP contribution >= 0.6 is 0 Å². The van der Waals surface area contributed by atoms with E-state index in [0.29, 0.717) is 17.9 Å². The Bertz CT molecular complexity index is 1370. The number of nitrogen functional groups attached to an aromatic ring is 1. The molecule has 4 heteroatoms. The SMILES string of the molecule is Nc1nc(-c2ccccc2)cc2c1c(=NCc1ccccc1)oc1ccccc12. The number of anilines is 1. The van der Waals surface area contributed by atoms with Crippen molar-refractivity contribution < 1.29 is 4.42 Å². The summed E-state index contributed by atoms with van der Waals surface area (Å²) >= 11 is 0. The van der Waals surface area contributed by atoms with Gasteiger partial charge in [0.15, 0.2) is 0 Å². The Morgan fingerprint density at radius 1 is 0.793 bits per heavy atom. The van der Waals surface area contributed by atoms with E-state index in [9.17, 15) is 0 Å². The van der Waals surface area contributed by atoms with Crippen LogP contribution in [0.1, 0.15) is 5.56 Å². The monoisotopic (exact) mass is 377 g/mol. The first-order chi connectivity index (χ1) is 14.3. The molecule has 2 heterocycles. The molecule has 2 aromatic heterocycles. The van der Waals surface area contributed by atoms with E-state index >= 15 is 0 Å². The average Bonchev–Trinajstić information content (AvgIpc) is 2.78. The van der Waals surface area contributed by atoms with Gasteiger partial charge in [-0.05, 0) is 17.7 Å². The van der Waals surface area contributed by atoms with Crippen molar-refractivity contribution in [3.63, 3.8) is 0 Å². The van der Waals surface area contributed by atoms with E-state index in [4.69, 9.17) is 15.1 Å². The lowest BCUT2D eigenvalue weighted by molar-refractivity contribution is 0.543. The minimum absolute atomic E-state index is 0.419. The van der Waals surface area contributed by atoms with Crippen LogP contribution in [-0.4, -0.2) is 4.98 Å². The van der Waals surface area contributed by atoms with Gasteiger partial charge in [-0.3, -0.25) is 0 Å². The van der Waals surface area contributed by atoms with E-state index in [1.165, 1.54) is 0 Å². The van der Waals surface area contributed by atoms with Crippen molar-refractivity contribution in [3.05, 3.63) is 102 Å². The zero-order valence-electron chi connectivity index (χ0n) is 15.7. The van der Waals surface area contributed by atoms with Gasteiger partial charge in [-0.15, -0.1) is 0 Å². The molecule has 4 nitrogen and oxygen atoms in total. The van der Waals surface area contributed by atoms with Crippen molar-refractivity contribution in [2.45, 2.75) is 6.54 Å². The van der Waals surface area contributed by atoms with Crippen molar-refractivity contribution in [2.75, 3.05) is 5.73 Å². The first-order valence-corrected chi connectivity index (χ1v) is 9.51. The first-order valence-electron chi connectivity index (χ1n) is 9.51. The summed E-state index contributed by atoms with van der Waals surface area (Å²) < 4.78 is 6.14. The van der Waals surface area contributed by atoms with Crippen LogP contribution in [0.3, 0.4) is 0 Å². The van der Waals surface area contributed by atoms with E-state index in [1.54, 1.807) is 0 Å². The van der Waals surface area contributed by atoms with Gasteiger partial charge in [-0.2, -0.15) is 0 Å². The molecular weight excluding hydrogens is 358 g/mol. The van der Waals surface area contributed by atoms with Crippen LogP contribution in [-0.2, 0) is 6.54 Å². The van der Waals surface area contributed by atoms with Gasteiger partial charge < -0.3 is 10.2 Å². The number of fused-ring (bicyclic) bond motifs is 3. The molecule has 0 fully saturated rings. The number of para-hydroxylation sites is 1. The molecule has 5 aromatic rings. The lowest BCUT2D eigenvalue weighted by Crippen LogP contribution is -2.09. The Labute approximate surface area is 168 Å². The summed E-state index contributed by atoms with van der Waals surface area (Å²) in [4.78, 5) is 9.38. The van der Waals surface area contributed by atoms with Crippen molar-refractivity contribution in [1.82, 2.24) is 4.98 Å². The minimum Gasteiger partial charge on any atom is -0.438 e. The van der Waals surface area contributed by atoms with Crippen LogP contribution in [0.5, 0.6) is 0 Å². The molecule has 2 N–H and O–H groups in total. The average molecular weight is 377 g/mol. The predicted octanol–water partition coefficient (Wildman–Crippen LogP) is 5.33. The second kappa shape index (κ2) is 7.24. The normalized spacial score (nSPS) is 11.9. The highest BCUT2D eigenvalue weighted by Crippen LogP contribution is 2.29. The Hall–Kier alpha value is -3.92. The number of pyridine rings is 1. The Balaban J connectivity index is 1.79. The lowest BCUT2D eigenvalue weighted by atomic mass is 10.0.